The number of carboxylic acids is 1. The summed E-state index contributed by atoms with van der Waals surface area (Å²) in [4.78, 5) is 10.7. The van der Waals surface area contributed by atoms with E-state index in [0.717, 1.165) is 13.0 Å². The van der Waals surface area contributed by atoms with Gasteiger partial charge in [0.05, 0.1) is 6.61 Å². The Morgan fingerprint density at radius 1 is 1.69 bits per heavy atom. The highest BCUT2D eigenvalue weighted by atomic mass is 127. The summed E-state index contributed by atoms with van der Waals surface area (Å²) in [6, 6.07) is 0. The first-order valence-electron chi connectivity index (χ1n) is 3.82. The van der Waals surface area contributed by atoms with E-state index in [1.807, 2.05) is 22.6 Å². The lowest BCUT2D eigenvalue weighted by Gasteiger charge is -2.14. The van der Waals surface area contributed by atoms with Crippen LogP contribution in [0.25, 0.3) is 0 Å². The minimum Gasteiger partial charge on any atom is -0.477 e. The van der Waals surface area contributed by atoms with Crippen molar-refractivity contribution in [2.24, 2.45) is 0 Å². The molecule has 0 saturated heterocycles. The number of rotatable bonds is 1. The van der Waals surface area contributed by atoms with Gasteiger partial charge in [0.2, 0.25) is 5.88 Å². The maximum Gasteiger partial charge on any atom is 0.357 e. The van der Waals surface area contributed by atoms with Crippen LogP contribution >= 0.6 is 22.6 Å². The van der Waals surface area contributed by atoms with Crippen molar-refractivity contribution in [1.29, 1.82) is 0 Å². The fourth-order valence-electron chi connectivity index (χ4n) is 1.23. The molecule has 0 spiro atoms. The molecule has 0 unspecified atom stereocenters. The number of aromatic nitrogens is 2. The molecule has 0 saturated carbocycles. The van der Waals surface area contributed by atoms with Crippen LogP contribution in [0.1, 0.15) is 16.9 Å². The van der Waals surface area contributed by atoms with E-state index in [0.29, 0.717) is 16.1 Å². The third-order valence-corrected chi connectivity index (χ3v) is 2.78. The molecule has 0 radical (unpaired) electrons. The van der Waals surface area contributed by atoms with E-state index in [1.54, 1.807) is 4.68 Å². The number of carbonyl (C=O) groups is 1. The van der Waals surface area contributed by atoms with Crippen LogP contribution in [0.15, 0.2) is 0 Å². The fourth-order valence-corrected chi connectivity index (χ4v) is 2.01. The summed E-state index contributed by atoms with van der Waals surface area (Å²) in [5, 5.41) is 12.7. The van der Waals surface area contributed by atoms with E-state index >= 15 is 0 Å². The van der Waals surface area contributed by atoms with Crippen LogP contribution < -0.4 is 4.74 Å². The van der Waals surface area contributed by atoms with Crippen molar-refractivity contribution >= 4 is 28.6 Å². The molecule has 70 valence electrons. The zero-order valence-electron chi connectivity index (χ0n) is 6.66. The highest BCUT2D eigenvalue weighted by Crippen LogP contribution is 2.27. The zero-order chi connectivity index (χ0) is 9.42. The Morgan fingerprint density at radius 3 is 3.08 bits per heavy atom. The average molecular weight is 294 g/mol. The number of hydrogen-bond donors (Lipinski definition) is 1. The third kappa shape index (κ3) is 1.38. The van der Waals surface area contributed by atoms with Gasteiger partial charge in [0.15, 0.2) is 5.69 Å². The summed E-state index contributed by atoms with van der Waals surface area (Å²) < 4.78 is 7.51. The molecule has 0 atom stereocenters. The molecule has 0 fully saturated rings. The van der Waals surface area contributed by atoms with Crippen LogP contribution in [-0.2, 0) is 6.54 Å². The molecule has 1 aliphatic rings. The van der Waals surface area contributed by atoms with E-state index in [9.17, 15) is 4.79 Å². The lowest BCUT2D eigenvalue weighted by molar-refractivity contribution is 0.0688. The molecule has 0 bridgehead atoms. The number of halogens is 1. The molecular weight excluding hydrogens is 287 g/mol. The quantitative estimate of drug-likeness (QED) is 0.784. The van der Waals surface area contributed by atoms with Crippen molar-refractivity contribution in [3.05, 3.63) is 9.26 Å². The molecule has 2 heterocycles. The first kappa shape index (κ1) is 8.79. The van der Waals surface area contributed by atoms with Crippen molar-refractivity contribution in [1.82, 2.24) is 9.78 Å². The molecule has 0 aliphatic carbocycles. The molecule has 0 amide bonds. The summed E-state index contributed by atoms with van der Waals surface area (Å²) in [7, 11) is 0. The summed E-state index contributed by atoms with van der Waals surface area (Å²) in [5.41, 5.74) is 0.0810. The normalized spacial score (nSPS) is 14.8. The van der Waals surface area contributed by atoms with E-state index in [2.05, 4.69) is 5.10 Å². The second-order valence-electron chi connectivity index (χ2n) is 2.70. The molecular formula is C7H7IN2O3. The number of hydrogen-bond acceptors (Lipinski definition) is 3. The highest BCUT2D eigenvalue weighted by Gasteiger charge is 2.23. The lowest BCUT2D eigenvalue weighted by atomic mass is 10.4. The summed E-state index contributed by atoms with van der Waals surface area (Å²) in [5.74, 6) is -0.417. The minimum absolute atomic E-state index is 0.0810. The Morgan fingerprint density at radius 2 is 2.46 bits per heavy atom. The standard InChI is InChI=1S/C7H7IN2O3/c8-4-5(7(11)12)9-10-2-1-3-13-6(4)10/h1-3H2,(H,11,12). The number of aryl methyl sites for hydroxylation is 1. The highest BCUT2D eigenvalue weighted by molar-refractivity contribution is 14.1. The van der Waals surface area contributed by atoms with Crippen LogP contribution in [0.5, 0.6) is 5.88 Å². The molecule has 0 aromatic carbocycles. The number of fused-ring (bicyclic) bond motifs is 1. The van der Waals surface area contributed by atoms with E-state index in [4.69, 9.17) is 9.84 Å². The van der Waals surface area contributed by atoms with Crippen molar-refractivity contribution in [2.75, 3.05) is 6.61 Å². The van der Waals surface area contributed by atoms with Gasteiger partial charge in [-0.2, -0.15) is 5.10 Å². The Hall–Kier alpha value is -0.790. The van der Waals surface area contributed by atoms with Crippen LogP contribution in [0, 0.1) is 3.57 Å². The van der Waals surface area contributed by atoms with Gasteiger partial charge in [0.25, 0.3) is 0 Å². The summed E-state index contributed by atoms with van der Waals surface area (Å²) in [6.45, 7) is 1.37. The SMILES string of the molecule is O=C(O)c1nn2c(c1I)OCCC2. The van der Waals surface area contributed by atoms with Crippen molar-refractivity contribution in [3.63, 3.8) is 0 Å². The van der Waals surface area contributed by atoms with E-state index in [1.165, 1.54) is 0 Å². The Balaban J connectivity index is 2.50. The lowest BCUT2D eigenvalue weighted by Crippen LogP contribution is -2.15. The van der Waals surface area contributed by atoms with Gasteiger partial charge in [-0.3, -0.25) is 0 Å². The van der Waals surface area contributed by atoms with E-state index in [-0.39, 0.29) is 5.69 Å². The Labute approximate surface area is 87.8 Å². The van der Waals surface area contributed by atoms with Gasteiger partial charge in [-0.1, -0.05) is 0 Å². The predicted octanol–water partition coefficient (Wildman–Crippen LogP) is 0.968. The second kappa shape index (κ2) is 3.17. The van der Waals surface area contributed by atoms with Crippen molar-refractivity contribution in [3.8, 4) is 5.88 Å². The molecule has 1 N–H and O–H groups in total. The molecule has 5 nitrogen and oxygen atoms in total. The first-order chi connectivity index (χ1) is 6.20. The Kier molecular flexibility index (Phi) is 2.14. The van der Waals surface area contributed by atoms with Gasteiger partial charge in [-0.05, 0) is 22.6 Å². The first-order valence-corrected chi connectivity index (χ1v) is 4.90. The number of carboxylic acid groups (broad SMARTS) is 1. The minimum atomic E-state index is -1.00. The van der Waals surface area contributed by atoms with Gasteiger partial charge in [0.1, 0.15) is 3.57 Å². The van der Waals surface area contributed by atoms with Crippen molar-refractivity contribution in [2.45, 2.75) is 13.0 Å². The molecule has 1 aliphatic heterocycles. The topological polar surface area (TPSA) is 64.3 Å². The summed E-state index contributed by atoms with van der Waals surface area (Å²) >= 11 is 1.95. The largest absolute Gasteiger partial charge is 0.477 e. The smallest absolute Gasteiger partial charge is 0.357 e. The molecule has 1 aromatic rings. The van der Waals surface area contributed by atoms with Crippen LogP contribution in [-0.4, -0.2) is 27.5 Å². The molecule has 1 aromatic heterocycles. The maximum atomic E-state index is 10.7. The van der Waals surface area contributed by atoms with Crippen LogP contribution in [0.2, 0.25) is 0 Å². The fraction of sp³-hybridized carbons (Fsp3) is 0.429. The van der Waals surface area contributed by atoms with Crippen LogP contribution in [0.4, 0.5) is 0 Å². The number of ether oxygens (including phenoxy) is 1. The van der Waals surface area contributed by atoms with Crippen molar-refractivity contribution < 1.29 is 14.6 Å². The average Bonchev–Trinajstić information content (AvgIpc) is 2.45. The third-order valence-electron chi connectivity index (χ3n) is 1.81. The monoisotopic (exact) mass is 294 g/mol. The Bertz CT molecular complexity index is 361. The number of aromatic carboxylic acids is 1. The molecule has 13 heavy (non-hydrogen) atoms. The molecule has 6 heteroatoms. The molecule has 2 rings (SSSR count). The van der Waals surface area contributed by atoms with Gasteiger partial charge in [-0.25, -0.2) is 9.48 Å². The predicted molar refractivity (Wildman–Crippen MR) is 52.0 cm³/mol. The van der Waals surface area contributed by atoms with Gasteiger partial charge < -0.3 is 9.84 Å². The maximum absolute atomic E-state index is 10.7. The zero-order valence-corrected chi connectivity index (χ0v) is 8.81. The van der Waals surface area contributed by atoms with Gasteiger partial charge in [-0.15, -0.1) is 0 Å². The van der Waals surface area contributed by atoms with Crippen LogP contribution in [0.3, 0.4) is 0 Å². The number of nitrogens with zero attached hydrogens (tertiary/aromatic N) is 2. The van der Waals surface area contributed by atoms with Gasteiger partial charge >= 0.3 is 5.97 Å². The second-order valence-corrected chi connectivity index (χ2v) is 3.78. The van der Waals surface area contributed by atoms with Gasteiger partial charge in [0, 0.05) is 13.0 Å². The summed E-state index contributed by atoms with van der Waals surface area (Å²) in [6.07, 6.45) is 0.879. The van der Waals surface area contributed by atoms with E-state index < -0.39 is 5.97 Å².